The monoisotopic (exact) mass is 346 g/mol. The fourth-order valence-electron chi connectivity index (χ4n) is 2.84. The Balaban J connectivity index is 1.76. The van der Waals surface area contributed by atoms with Crippen molar-refractivity contribution in [2.24, 2.45) is 0 Å². The van der Waals surface area contributed by atoms with Gasteiger partial charge in [0.15, 0.2) is 0 Å². The molecule has 1 heterocycles. The van der Waals surface area contributed by atoms with Crippen molar-refractivity contribution in [3.05, 3.63) is 76.7 Å². The molecule has 1 amide bonds. The van der Waals surface area contributed by atoms with Crippen molar-refractivity contribution in [1.82, 2.24) is 9.97 Å². The molecule has 5 heteroatoms. The van der Waals surface area contributed by atoms with Crippen molar-refractivity contribution in [2.45, 2.75) is 27.7 Å². The minimum Gasteiger partial charge on any atom is -0.339 e. The molecule has 0 saturated carbocycles. The molecule has 132 valence electrons. The maximum Gasteiger partial charge on any atom is 0.275 e. The minimum absolute atomic E-state index is 0.270. The van der Waals surface area contributed by atoms with E-state index in [0.717, 1.165) is 33.6 Å². The summed E-state index contributed by atoms with van der Waals surface area (Å²) in [6, 6.07) is 12.0. The third kappa shape index (κ3) is 3.72. The molecule has 26 heavy (non-hydrogen) atoms. The number of benzene rings is 2. The van der Waals surface area contributed by atoms with Crippen molar-refractivity contribution < 1.29 is 4.79 Å². The zero-order chi connectivity index (χ0) is 18.7. The summed E-state index contributed by atoms with van der Waals surface area (Å²) < 4.78 is 0. The number of hydrogen-bond donors (Lipinski definition) is 2. The maximum absolute atomic E-state index is 12.5. The molecule has 0 saturated heterocycles. The van der Waals surface area contributed by atoms with E-state index in [-0.39, 0.29) is 11.6 Å². The molecule has 0 aliphatic heterocycles. The van der Waals surface area contributed by atoms with Crippen LogP contribution in [0.15, 0.2) is 48.8 Å². The molecular formula is C21H22N4O. The molecule has 0 atom stereocenters. The zero-order valence-corrected chi connectivity index (χ0v) is 15.4. The van der Waals surface area contributed by atoms with Gasteiger partial charge in [0.2, 0.25) is 0 Å². The number of nitrogens with one attached hydrogen (secondary N) is 2. The molecule has 3 aromatic rings. The average Bonchev–Trinajstić information content (AvgIpc) is 2.62. The predicted molar refractivity (Wildman–Crippen MR) is 105 cm³/mol. The number of hydrogen-bond acceptors (Lipinski definition) is 4. The van der Waals surface area contributed by atoms with Gasteiger partial charge in [-0.25, -0.2) is 9.97 Å². The second-order valence-corrected chi connectivity index (χ2v) is 6.40. The average molecular weight is 346 g/mol. The van der Waals surface area contributed by atoms with E-state index in [9.17, 15) is 4.79 Å². The summed E-state index contributed by atoms with van der Waals surface area (Å²) in [4.78, 5) is 21.0. The van der Waals surface area contributed by atoms with Gasteiger partial charge in [-0.1, -0.05) is 36.4 Å². The molecule has 5 nitrogen and oxygen atoms in total. The predicted octanol–water partition coefficient (Wildman–Crippen LogP) is 4.71. The second-order valence-electron chi connectivity index (χ2n) is 6.40. The van der Waals surface area contributed by atoms with Crippen LogP contribution in [0.3, 0.4) is 0 Å². The number of aromatic nitrogens is 2. The van der Waals surface area contributed by atoms with E-state index in [1.165, 1.54) is 6.20 Å². The van der Waals surface area contributed by atoms with Gasteiger partial charge < -0.3 is 10.6 Å². The van der Waals surface area contributed by atoms with Crippen molar-refractivity contribution in [2.75, 3.05) is 10.6 Å². The van der Waals surface area contributed by atoms with Crippen LogP contribution in [0.25, 0.3) is 0 Å². The summed E-state index contributed by atoms with van der Waals surface area (Å²) in [6.07, 6.45) is 3.06. The van der Waals surface area contributed by atoms with Crippen LogP contribution < -0.4 is 10.6 Å². The Labute approximate surface area is 153 Å². The number of amides is 1. The van der Waals surface area contributed by atoms with Crippen LogP contribution >= 0.6 is 0 Å². The van der Waals surface area contributed by atoms with Crippen LogP contribution in [0.4, 0.5) is 17.2 Å². The highest BCUT2D eigenvalue weighted by Crippen LogP contribution is 2.23. The molecule has 0 unspecified atom stereocenters. The van der Waals surface area contributed by atoms with Crippen molar-refractivity contribution >= 4 is 23.1 Å². The lowest BCUT2D eigenvalue weighted by Gasteiger charge is -2.13. The smallest absolute Gasteiger partial charge is 0.275 e. The summed E-state index contributed by atoms with van der Waals surface area (Å²) in [7, 11) is 0. The van der Waals surface area contributed by atoms with Gasteiger partial charge in [-0.2, -0.15) is 0 Å². The topological polar surface area (TPSA) is 66.9 Å². The first-order valence-corrected chi connectivity index (χ1v) is 8.48. The molecule has 0 aliphatic carbocycles. The lowest BCUT2D eigenvalue weighted by Crippen LogP contribution is -2.16. The lowest BCUT2D eigenvalue weighted by molar-refractivity contribution is 0.102. The maximum atomic E-state index is 12.5. The van der Waals surface area contributed by atoms with Gasteiger partial charge in [-0.15, -0.1) is 0 Å². The number of anilines is 3. The van der Waals surface area contributed by atoms with Crippen LogP contribution in [0.1, 0.15) is 32.7 Å². The van der Waals surface area contributed by atoms with Crippen molar-refractivity contribution in [1.29, 1.82) is 0 Å². The molecular weight excluding hydrogens is 324 g/mol. The first-order valence-electron chi connectivity index (χ1n) is 8.48. The van der Waals surface area contributed by atoms with E-state index in [2.05, 4.69) is 20.6 Å². The van der Waals surface area contributed by atoms with E-state index in [0.29, 0.717) is 5.82 Å². The largest absolute Gasteiger partial charge is 0.339 e. The Bertz CT molecular complexity index is 908. The fraction of sp³-hybridized carbons (Fsp3) is 0.190. The molecule has 0 radical (unpaired) electrons. The van der Waals surface area contributed by atoms with Crippen molar-refractivity contribution in [3.8, 4) is 0 Å². The van der Waals surface area contributed by atoms with Gasteiger partial charge in [0.05, 0.1) is 12.4 Å². The molecule has 0 spiro atoms. The Morgan fingerprint density at radius 3 is 1.81 bits per heavy atom. The Hall–Kier alpha value is -3.21. The van der Waals surface area contributed by atoms with Crippen molar-refractivity contribution in [3.63, 3.8) is 0 Å². The molecule has 2 aromatic carbocycles. The number of nitrogens with zero attached hydrogens (tertiary/aromatic N) is 2. The normalized spacial score (nSPS) is 10.5. The van der Waals surface area contributed by atoms with Crippen LogP contribution in [-0.2, 0) is 0 Å². The van der Waals surface area contributed by atoms with Crippen LogP contribution in [0.5, 0.6) is 0 Å². The fourth-order valence-corrected chi connectivity index (χ4v) is 2.84. The van der Waals surface area contributed by atoms with Gasteiger partial charge in [-0.3, -0.25) is 4.79 Å². The van der Waals surface area contributed by atoms with E-state index >= 15 is 0 Å². The van der Waals surface area contributed by atoms with E-state index in [1.54, 1.807) is 6.20 Å². The standard InChI is InChI=1S/C21H22N4O/c1-13-7-5-8-14(2)19(13)24-18-12-22-17(11-23-18)21(26)25-20-15(3)9-6-10-16(20)4/h5-12H,1-4H3,(H,23,24)(H,25,26). The highest BCUT2D eigenvalue weighted by Gasteiger charge is 2.12. The van der Waals surface area contributed by atoms with E-state index < -0.39 is 0 Å². The molecule has 1 aromatic heterocycles. The number of aryl methyl sites for hydroxylation is 4. The van der Waals surface area contributed by atoms with Crippen LogP contribution in [0.2, 0.25) is 0 Å². The highest BCUT2D eigenvalue weighted by molar-refractivity contribution is 6.03. The number of carbonyl (C=O) groups is 1. The third-order valence-corrected chi connectivity index (χ3v) is 4.34. The SMILES string of the molecule is Cc1cccc(C)c1NC(=O)c1cnc(Nc2c(C)cccc2C)cn1. The number of para-hydroxylation sites is 2. The highest BCUT2D eigenvalue weighted by atomic mass is 16.1. The lowest BCUT2D eigenvalue weighted by atomic mass is 10.1. The van der Waals surface area contributed by atoms with E-state index in [4.69, 9.17) is 0 Å². The molecule has 2 N–H and O–H groups in total. The van der Waals surface area contributed by atoms with Gasteiger partial charge in [-0.05, 0) is 49.9 Å². The van der Waals surface area contributed by atoms with Gasteiger partial charge in [0, 0.05) is 11.4 Å². The molecule has 3 rings (SSSR count). The van der Waals surface area contributed by atoms with Gasteiger partial charge >= 0.3 is 0 Å². The second kappa shape index (κ2) is 7.35. The number of carbonyl (C=O) groups excluding carboxylic acids is 1. The molecule has 0 bridgehead atoms. The quantitative estimate of drug-likeness (QED) is 0.718. The van der Waals surface area contributed by atoms with Crippen LogP contribution in [0, 0.1) is 27.7 Å². The Morgan fingerprint density at radius 2 is 1.31 bits per heavy atom. The van der Waals surface area contributed by atoms with E-state index in [1.807, 2.05) is 64.1 Å². The Kier molecular flexibility index (Phi) is 4.98. The first-order chi connectivity index (χ1) is 12.5. The molecule has 0 aliphatic rings. The summed E-state index contributed by atoms with van der Waals surface area (Å²) in [5.41, 5.74) is 6.39. The van der Waals surface area contributed by atoms with Crippen LogP contribution in [-0.4, -0.2) is 15.9 Å². The third-order valence-electron chi connectivity index (χ3n) is 4.34. The van der Waals surface area contributed by atoms with Gasteiger partial charge in [0.25, 0.3) is 5.91 Å². The summed E-state index contributed by atoms with van der Waals surface area (Å²) >= 11 is 0. The Morgan fingerprint density at radius 1 is 0.769 bits per heavy atom. The number of rotatable bonds is 4. The zero-order valence-electron chi connectivity index (χ0n) is 15.4. The van der Waals surface area contributed by atoms with Gasteiger partial charge in [0.1, 0.15) is 11.5 Å². The summed E-state index contributed by atoms with van der Waals surface area (Å²) in [5, 5.41) is 6.19. The molecule has 0 fully saturated rings. The minimum atomic E-state index is -0.270. The summed E-state index contributed by atoms with van der Waals surface area (Å²) in [5.74, 6) is 0.333. The first kappa shape index (κ1) is 17.6. The summed E-state index contributed by atoms with van der Waals surface area (Å²) in [6.45, 7) is 8.00.